The van der Waals surface area contributed by atoms with E-state index in [-0.39, 0.29) is 5.92 Å². The fourth-order valence-corrected chi connectivity index (χ4v) is 3.26. The van der Waals surface area contributed by atoms with Crippen LogP contribution in [0.5, 0.6) is 0 Å². The Morgan fingerprint density at radius 2 is 2.09 bits per heavy atom. The molecule has 0 unspecified atom stereocenters. The molecule has 1 aliphatic carbocycles. The molecule has 0 saturated heterocycles. The summed E-state index contributed by atoms with van der Waals surface area (Å²) in [6.45, 7) is 2.49. The van der Waals surface area contributed by atoms with E-state index < -0.39 is 5.60 Å². The van der Waals surface area contributed by atoms with E-state index in [0.717, 1.165) is 36.7 Å². The van der Waals surface area contributed by atoms with Crippen LogP contribution in [0.4, 0.5) is 0 Å². The summed E-state index contributed by atoms with van der Waals surface area (Å²) < 4.78 is 1.69. The zero-order chi connectivity index (χ0) is 16.3. The maximum atomic E-state index is 11.3. The van der Waals surface area contributed by atoms with Crippen molar-refractivity contribution in [3.8, 4) is 0 Å². The standard InChI is InChI=1S/C18H21N3O2/c1-14-3-2-4-17(9-15-5-7-16(10-22)8-6-15)18(14,23)11-21-13-19-12-20-21/h5-10,12-14,23H,2-4,11H2,1H3/b17-9+/t14-,18+/m0/s1. The average molecular weight is 311 g/mol. The lowest BCUT2D eigenvalue weighted by Gasteiger charge is -2.40. The lowest BCUT2D eigenvalue weighted by molar-refractivity contribution is -0.0126. The van der Waals surface area contributed by atoms with Crippen molar-refractivity contribution in [3.63, 3.8) is 0 Å². The minimum atomic E-state index is -0.921. The van der Waals surface area contributed by atoms with Crippen molar-refractivity contribution in [2.24, 2.45) is 5.92 Å². The van der Waals surface area contributed by atoms with Gasteiger partial charge in [0.2, 0.25) is 0 Å². The minimum Gasteiger partial charge on any atom is -0.383 e. The fraction of sp³-hybridized carbons (Fsp3) is 0.389. The van der Waals surface area contributed by atoms with Crippen LogP contribution < -0.4 is 0 Å². The molecule has 2 atom stereocenters. The second-order valence-corrected chi connectivity index (χ2v) is 6.26. The molecule has 23 heavy (non-hydrogen) atoms. The molecule has 0 spiro atoms. The molecule has 0 bridgehead atoms. The van der Waals surface area contributed by atoms with Gasteiger partial charge in [-0.1, -0.05) is 37.3 Å². The first-order chi connectivity index (χ1) is 11.1. The number of hydrogen-bond acceptors (Lipinski definition) is 4. The molecule has 120 valence electrons. The number of hydrogen-bond donors (Lipinski definition) is 1. The molecule has 1 aromatic heterocycles. The maximum Gasteiger partial charge on any atom is 0.150 e. The first kappa shape index (κ1) is 15.6. The number of aliphatic hydroxyl groups is 1. The number of aldehydes is 1. The van der Waals surface area contributed by atoms with Crippen molar-refractivity contribution >= 4 is 12.4 Å². The van der Waals surface area contributed by atoms with Gasteiger partial charge in [-0.05, 0) is 36.3 Å². The summed E-state index contributed by atoms with van der Waals surface area (Å²) in [5, 5.41) is 15.5. The highest BCUT2D eigenvalue weighted by molar-refractivity contribution is 5.75. The number of aromatic nitrogens is 3. The fourth-order valence-electron chi connectivity index (χ4n) is 3.26. The zero-order valence-electron chi connectivity index (χ0n) is 13.2. The molecule has 0 aliphatic heterocycles. The topological polar surface area (TPSA) is 68.0 Å². The van der Waals surface area contributed by atoms with Crippen LogP contribution in [0.15, 0.2) is 42.5 Å². The maximum absolute atomic E-state index is 11.3. The summed E-state index contributed by atoms with van der Waals surface area (Å²) in [6.07, 6.45) is 8.92. The first-order valence-electron chi connectivity index (χ1n) is 7.93. The van der Waals surface area contributed by atoms with Crippen molar-refractivity contribution in [3.05, 3.63) is 53.6 Å². The molecule has 2 aromatic rings. The SMILES string of the molecule is C[C@H]1CCC/C(=C\c2ccc(C=O)cc2)[C@@]1(O)Cn1cncn1. The van der Waals surface area contributed by atoms with Crippen LogP contribution in [-0.4, -0.2) is 31.8 Å². The van der Waals surface area contributed by atoms with Gasteiger partial charge in [-0.25, -0.2) is 9.67 Å². The van der Waals surface area contributed by atoms with Gasteiger partial charge in [0, 0.05) is 5.56 Å². The highest BCUT2D eigenvalue weighted by atomic mass is 16.3. The van der Waals surface area contributed by atoms with E-state index >= 15 is 0 Å². The quantitative estimate of drug-likeness (QED) is 0.882. The summed E-state index contributed by atoms with van der Waals surface area (Å²) >= 11 is 0. The predicted molar refractivity (Wildman–Crippen MR) is 87.8 cm³/mol. The Bertz CT molecular complexity index is 692. The summed E-state index contributed by atoms with van der Waals surface area (Å²) in [7, 11) is 0. The average Bonchev–Trinajstić information content (AvgIpc) is 3.06. The van der Waals surface area contributed by atoms with E-state index in [9.17, 15) is 9.90 Å². The van der Waals surface area contributed by atoms with Gasteiger partial charge < -0.3 is 5.11 Å². The van der Waals surface area contributed by atoms with Gasteiger partial charge in [0.25, 0.3) is 0 Å². The Labute approximate surface area is 135 Å². The predicted octanol–water partition coefficient (Wildman–Crippen LogP) is 2.73. The summed E-state index contributed by atoms with van der Waals surface area (Å²) in [6, 6.07) is 7.40. The van der Waals surface area contributed by atoms with E-state index in [4.69, 9.17) is 0 Å². The van der Waals surface area contributed by atoms with Gasteiger partial charge in [-0.15, -0.1) is 0 Å². The van der Waals surface area contributed by atoms with Crippen molar-refractivity contribution in [1.82, 2.24) is 14.8 Å². The van der Waals surface area contributed by atoms with Gasteiger partial charge in [0.15, 0.2) is 0 Å². The molecule has 1 saturated carbocycles. The Hall–Kier alpha value is -2.27. The lowest BCUT2D eigenvalue weighted by atomic mass is 9.72. The first-order valence-corrected chi connectivity index (χ1v) is 7.93. The van der Waals surface area contributed by atoms with Gasteiger partial charge >= 0.3 is 0 Å². The molecule has 0 amide bonds. The van der Waals surface area contributed by atoms with E-state index in [1.165, 1.54) is 6.33 Å². The third-order valence-corrected chi connectivity index (χ3v) is 4.74. The molecule has 1 aliphatic rings. The largest absolute Gasteiger partial charge is 0.383 e. The van der Waals surface area contributed by atoms with E-state index in [1.54, 1.807) is 23.1 Å². The van der Waals surface area contributed by atoms with Crippen LogP contribution in [-0.2, 0) is 6.54 Å². The second kappa shape index (κ2) is 6.46. The van der Waals surface area contributed by atoms with E-state index in [0.29, 0.717) is 12.1 Å². The summed E-state index contributed by atoms with van der Waals surface area (Å²) in [5.41, 5.74) is 1.75. The van der Waals surface area contributed by atoms with Crippen molar-refractivity contribution < 1.29 is 9.90 Å². The Morgan fingerprint density at radius 1 is 1.35 bits per heavy atom. The van der Waals surface area contributed by atoms with Crippen LogP contribution in [0.2, 0.25) is 0 Å². The highest BCUT2D eigenvalue weighted by Gasteiger charge is 2.40. The molecule has 1 fully saturated rings. The third kappa shape index (κ3) is 3.24. The smallest absolute Gasteiger partial charge is 0.150 e. The molecule has 1 heterocycles. The molecular formula is C18H21N3O2. The molecule has 0 radical (unpaired) electrons. The Balaban J connectivity index is 1.92. The molecule has 1 N–H and O–H groups in total. The van der Waals surface area contributed by atoms with Crippen molar-refractivity contribution in [2.45, 2.75) is 38.3 Å². The van der Waals surface area contributed by atoms with Crippen molar-refractivity contribution in [2.75, 3.05) is 0 Å². The van der Waals surface area contributed by atoms with Crippen LogP contribution >= 0.6 is 0 Å². The van der Waals surface area contributed by atoms with Crippen LogP contribution in [0.1, 0.15) is 42.1 Å². The number of rotatable bonds is 4. The van der Waals surface area contributed by atoms with Crippen LogP contribution in [0.25, 0.3) is 6.08 Å². The number of carbonyl (C=O) groups is 1. The normalized spacial score (nSPS) is 26.3. The number of nitrogens with zero attached hydrogens (tertiary/aromatic N) is 3. The Morgan fingerprint density at radius 3 is 2.74 bits per heavy atom. The third-order valence-electron chi connectivity index (χ3n) is 4.74. The summed E-state index contributed by atoms with van der Waals surface area (Å²) in [5.74, 6) is 0.154. The van der Waals surface area contributed by atoms with E-state index in [1.807, 2.05) is 18.2 Å². The number of carbonyl (C=O) groups excluding carboxylic acids is 1. The Kier molecular flexibility index (Phi) is 4.39. The zero-order valence-corrected chi connectivity index (χ0v) is 13.2. The molecular weight excluding hydrogens is 290 g/mol. The molecule has 5 nitrogen and oxygen atoms in total. The second-order valence-electron chi connectivity index (χ2n) is 6.26. The molecule has 5 heteroatoms. The highest BCUT2D eigenvalue weighted by Crippen LogP contribution is 2.40. The van der Waals surface area contributed by atoms with Crippen molar-refractivity contribution in [1.29, 1.82) is 0 Å². The van der Waals surface area contributed by atoms with Crippen LogP contribution in [0.3, 0.4) is 0 Å². The summed E-state index contributed by atoms with van der Waals surface area (Å²) in [4.78, 5) is 14.7. The monoisotopic (exact) mass is 311 g/mol. The van der Waals surface area contributed by atoms with E-state index in [2.05, 4.69) is 17.0 Å². The molecule has 1 aromatic carbocycles. The molecule has 3 rings (SSSR count). The van der Waals surface area contributed by atoms with Gasteiger partial charge in [-0.3, -0.25) is 4.79 Å². The number of benzene rings is 1. The van der Waals surface area contributed by atoms with Gasteiger partial charge in [0.1, 0.15) is 24.5 Å². The van der Waals surface area contributed by atoms with Crippen LogP contribution in [0, 0.1) is 5.92 Å². The minimum absolute atomic E-state index is 0.154. The van der Waals surface area contributed by atoms with Gasteiger partial charge in [-0.2, -0.15) is 5.10 Å². The van der Waals surface area contributed by atoms with Gasteiger partial charge in [0.05, 0.1) is 6.54 Å². The lowest BCUT2D eigenvalue weighted by Crippen LogP contribution is -2.45.